The van der Waals surface area contributed by atoms with Crippen molar-refractivity contribution in [1.82, 2.24) is 9.80 Å². The molecule has 0 spiro atoms. The van der Waals surface area contributed by atoms with Crippen LogP contribution >= 0.6 is 0 Å². The Hall–Kier alpha value is -2.96. The fourth-order valence-corrected chi connectivity index (χ4v) is 4.80. The Bertz CT molecular complexity index is 974. The Morgan fingerprint density at radius 1 is 1.00 bits per heavy atom. The summed E-state index contributed by atoms with van der Waals surface area (Å²) >= 11 is 0. The summed E-state index contributed by atoms with van der Waals surface area (Å²) < 4.78 is 16.3. The lowest BCUT2D eigenvalue weighted by molar-refractivity contribution is -0.144. The van der Waals surface area contributed by atoms with Gasteiger partial charge < -0.3 is 23.7 Å². The maximum atomic E-state index is 13.7. The molecule has 0 bridgehead atoms. The minimum Gasteiger partial charge on any atom is -0.493 e. The lowest BCUT2D eigenvalue weighted by Gasteiger charge is -2.37. The van der Waals surface area contributed by atoms with Crippen LogP contribution in [0.15, 0.2) is 41.0 Å². The van der Waals surface area contributed by atoms with E-state index in [0.717, 1.165) is 37.0 Å². The largest absolute Gasteiger partial charge is 0.493 e. The first kappa shape index (κ1) is 27.6. The number of carbonyl (C=O) groups excluding carboxylic acids is 2. The van der Waals surface area contributed by atoms with Crippen LogP contribution < -0.4 is 9.47 Å². The summed E-state index contributed by atoms with van der Waals surface area (Å²) in [5, 5.41) is 0. The molecular weight excluding hydrogens is 456 g/mol. The third kappa shape index (κ3) is 8.04. The van der Waals surface area contributed by atoms with Crippen LogP contribution in [0.4, 0.5) is 0 Å². The average Bonchev–Trinajstić information content (AvgIpc) is 3.37. The number of carbonyl (C=O) groups is 2. The van der Waals surface area contributed by atoms with Gasteiger partial charge in [0.25, 0.3) is 0 Å². The summed E-state index contributed by atoms with van der Waals surface area (Å²) in [6.45, 7) is 7.17. The number of hydrogen-bond donors (Lipinski definition) is 0. The molecule has 1 aromatic heterocycles. The second-order valence-corrected chi connectivity index (χ2v) is 10.9. The van der Waals surface area contributed by atoms with Crippen molar-refractivity contribution >= 4 is 11.8 Å². The third-order valence-electron chi connectivity index (χ3n) is 6.72. The zero-order valence-electron chi connectivity index (χ0n) is 22.5. The highest BCUT2D eigenvalue weighted by molar-refractivity contribution is 5.85. The van der Waals surface area contributed by atoms with Crippen molar-refractivity contribution in [2.45, 2.75) is 78.3 Å². The molecule has 198 valence electrons. The quantitative estimate of drug-likeness (QED) is 0.411. The van der Waals surface area contributed by atoms with Gasteiger partial charge in [0.15, 0.2) is 11.5 Å². The van der Waals surface area contributed by atoms with E-state index < -0.39 is 0 Å². The van der Waals surface area contributed by atoms with E-state index in [1.165, 1.54) is 6.42 Å². The number of amides is 2. The molecule has 0 saturated heterocycles. The van der Waals surface area contributed by atoms with Crippen LogP contribution in [0.2, 0.25) is 0 Å². The Kier molecular flexibility index (Phi) is 9.85. The molecule has 2 aromatic rings. The topological polar surface area (TPSA) is 72.2 Å². The van der Waals surface area contributed by atoms with Crippen LogP contribution in [0.3, 0.4) is 0 Å². The van der Waals surface area contributed by atoms with Crippen molar-refractivity contribution in [3.05, 3.63) is 47.9 Å². The monoisotopic (exact) mass is 498 g/mol. The maximum absolute atomic E-state index is 13.7. The van der Waals surface area contributed by atoms with Gasteiger partial charge in [0.2, 0.25) is 11.8 Å². The summed E-state index contributed by atoms with van der Waals surface area (Å²) in [5.41, 5.74) is 0.909. The van der Waals surface area contributed by atoms with E-state index >= 15 is 0 Å². The van der Waals surface area contributed by atoms with Gasteiger partial charge in [-0.05, 0) is 54.5 Å². The highest BCUT2D eigenvalue weighted by Gasteiger charge is 2.31. The summed E-state index contributed by atoms with van der Waals surface area (Å²) in [7, 11) is 3.23. The first-order valence-corrected chi connectivity index (χ1v) is 13.0. The Labute approximate surface area is 215 Å². The molecule has 1 aliphatic carbocycles. The van der Waals surface area contributed by atoms with Crippen LogP contribution in [0.1, 0.15) is 70.6 Å². The zero-order valence-corrected chi connectivity index (χ0v) is 22.5. The number of rotatable bonds is 11. The summed E-state index contributed by atoms with van der Waals surface area (Å²) in [6.07, 6.45) is 8.03. The van der Waals surface area contributed by atoms with Gasteiger partial charge in [-0.3, -0.25) is 9.59 Å². The van der Waals surface area contributed by atoms with Gasteiger partial charge in [-0.15, -0.1) is 0 Å². The summed E-state index contributed by atoms with van der Waals surface area (Å²) in [6, 6.07) is 9.64. The minimum atomic E-state index is -0.131. The summed E-state index contributed by atoms with van der Waals surface area (Å²) in [4.78, 5) is 30.7. The van der Waals surface area contributed by atoms with E-state index in [-0.39, 0.29) is 29.8 Å². The molecule has 1 aliphatic rings. The first-order valence-electron chi connectivity index (χ1n) is 13.0. The molecule has 7 heteroatoms. The van der Waals surface area contributed by atoms with E-state index in [1.54, 1.807) is 25.4 Å². The Morgan fingerprint density at radius 2 is 1.72 bits per heavy atom. The number of ether oxygens (including phenoxy) is 2. The fraction of sp³-hybridized carbons (Fsp3) is 0.586. The van der Waals surface area contributed by atoms with Crippen LogP contribution in [-0.4, -0.2) is 55.0 Å². The zero-order chi connectivity index (χ0) is 26.1. The minimum absolute atomic E-state index is 0.0558. The average molecular weight is 499 g/mol. The molecule has 1 fully saturated rings. The van der Waals surface area contributed by atoms with Crippen LogP contribution in [0.25, 0.3) is 0 Å². The van der Waals surface area contributed by atoms with Gasteiger partial charge >= 0.3 is 0 Å². The van der Waals surface area contributed by atoms with Gasteiger partial charge in [-0.1, -0.05) is 46.1 Å². The van der Waals surface area contributed by atoms with Gasteiger partial charge in [0.05, 0.1) is 27.0 Å². The first-order chi connectivity index (χ1) is 17.2. The van der Waals surface area contributed by atoms with E-state index in [1.807, 2.05) is 35.2 Å². The number of furan rings is 1. The molecular formula is C29H42N2O5. The molecule has 0 aliphatic heterocycles. The predicted molar refractivity (Wildman–Crippen MR) is 140 cm³/mol. The SMILES string of the molecule is COc1ccc(CCN(Cc2ccco2)C(=O)CN(C(=O)CC(C)(C)C)C2CCCCC2)cc1OC. The van der Waals surface area contributed by atoms with Crippen LogP contribution in [-0.2, 0) is 22.6 Å². The molecule has 0 unspecified atom stereocenters. The van der Waals surface area contributed by atoms with Gasteiger partial charge in [-0.25, -0.2) is 0 Å². The normalized spacial score (nSPS) is 14.4. The van der Waals surface area contributed by atoms with E-state index in [2.05, 4.69) is 20.8 Å². The highest BCUT2D eigenvalue weighted by atomic mass is 16.5. The van der Waals surface area contributed by atoms with Crippen LogP contribution in [0.5, 0.6) is 11.5 Å². The Balaban J connectivity index is 1.77. The molecule has 36 heavy (non-hydrogen) atoms. The fourth-order valence-electron chi connectivity index (χ4n) is 4.80. The third-order valence-corrected chi connectivity index (χ3v) is 6.72. The lowest BCUT2D eigenvalue weighted by Crippen LogP contribution is -2.49. The van der Waals surface area contributed by atoms with Crippen molar-refractivity contribution in [1.29, 1.82) is 0 Å². The Morgan fingerprint density at radius 3 is 2.33 bits per heavy atom. The van der Waals surface area contributed by atoms with Crippen LogP contribution in [0, 0.1) is 5.41 Å². The molecule has 0 atom stereocenters. The molecule has 0 N–H and O–H groups in total. The van der Waals surface area contributed by atoms with Gasteiger partial charge in [-0.2, -0.15) is 0 Å². The van der Waals surface area contributed by atoms with Crippen molar-refractivity contribution in [2.75, 3.05) is 27.3 Å². The van der Waals surface area contributed by atoms with Crippen molar-refractivity contribution in [3.8, 4) is 11.5 Å². The molecule has 1 aromatic carbocycles. The van der Waals surface area contributed by atoms with Crippen molar-refractivity contribution < 1.29 is 23.5 Å². The smallest absolute Gasteiger partial charge is 0.242 e. The summed E-state index contributed by atoms with van der Waals surface area (Å²) in [5.74, 6) is 2.07. The second-order valence-electron chi connectivity index (χ2n) is 10.9. The number of hydrogen-bond acceptors (Lipinski definition) is 5. The predicted octanol–water partition coefficient (Wildman–Crippen LogP) is 5.47. The second kappa shape index (κ2) is 12.8. The standard InChI is InChI=1S/C29H42N2O5/c1-29(2,3)19-27(32)31(23-10-7-6-8-11-23)21-28(33)30(20-24-12-9-17-36-24)16-15-22-13-14-25(34-4)26(18-22)35-5/h9,12-14,17-18,23H,6-8,10-11,15-16,19-21H2,1-5H3. The van der Waals surface area contributed by atoms with E-state index in [4.69, 9.17) is 13.9 Å². The van der Waals surface area contributed by atoms with E-state index in [0.29, 0.717) is 37.4 Å². The van der Waals surface area contributed by atoms with Gasteiger partial charge in [0.1, 0.15) is 12.3 Å². The van der Waals surface area contributed by atoms with Gasteiger partial charge in [0, 0.05) is 19.0 Å². The number of nitrogens with zero attached hydrogens (tertiary/aromatic N) is 2. The highest BCUT2D eigenvalue weighted by Crippen LogP contribution is 2.29. The number of methoxy groups -OCH3 is 2. The molecule has 3 rings (SSSR count). The van der Waals surface area contributed by atoms with Crippen molar-refractivity contribution in [3.63, 3.8) is 0 Å². The van der Waals surface area contributed by atoms with E-state index in [9.17, 15) is 9.59 Å². The lowest BCUT2D eigenvalue weighted by atomic mass is 9.89. The number of benzene rings is 1. The molecule has 7 nitrogen and oxygen atoms in total. The molecule has 1 heterocycles. The molecule has 1 saturated carbocycles. The maximum Gasteiger partial charge on any atom is 0.242 e. The molecule has 2 amide bonds. The van der Waals surface area contributed by atoms with Crippen molar-refractivity contribution in [2.24, 2.45) is 5.41 Å². The molecule has 0 radical (unpaired) electrons.